The molecule has 1 atom stereocenters. The van der Waals surface area contributed by atoms with Crippen molar-refractivity contribution in [2.45, 2.75) is 17.4 Å². The number of carbonyl (C=O) groups is 2. The highest BCUT2D eigenvalue weighted by molar-refractivity contribution is 7.89. The summed E-state index contributed by atoms with van der Waals surface area (Å²) in [7, 11) is -3.78. The number of sulfonamides is 1. The van der Waals surface area contributed by atoms with Crippen molar-refractivity contribution in [1.82, 2.24) is 10.6 Å². The van der Waals surface area contributed by atoms with E-state index in [1.54, 1.807) is 0 Å². The molecule has 0 radical (unpaired) electrons. The molecule has 18 heavy (non-hydrogen) atoms. The lowest BCUT2D eigenvalue weighted by molar-refractivity contribution is -0.123. The molecule has 0 aliphatic carbocycles. The molecule has 1 heterocycles. The summed E-state index contributed by atoms with van der Waals surface area (Å²) in [6.07, 6.45) is 0. The zero-order chi connectivity index (χ0) is 13.6. The van der Waals surface area contributed by atoms with Crippen molar-refractivity contribution < 1.29 is 18.0 Å². The summed E-state index contributed by atoms with van der Waals surface area (Å²) in [5.74, 6) is -0.490. The van der Waals surface area contributed by atoms with Gasteiger partial charge in [-0.3, -0.25) is 10.1 Å². The van der Waals surface area contributed by atoms with Gasteiger partial charge >= 0.3 is 6.03 Å². The molecule has 2 rings (SSSR count). The van der Waals surface area contributed by atoms with Crippen LogP contribution in [0.5, 0.6) is 0 Å². The lowest BCUT2D eigenvalue weighted by Gasteiger charge is -2.21. The van der Waals surface area contributed by atoms with Gasteiger partial charge in [-0.05, 0) is 24.6 Å². The van der Waals surface area contributed by atoms with Crippen LogP contribution in [-0.4, -0.2) is 20.4 Å². The van der Waals surface area contributed by atoms with Crippen molar-refractivity contribution >= 4 is 22.0 Å². The Kier molecular flexibility index (Phi) is 2.63. The third-order valence-corrected chi connectivity index (χ3v) is 3.73. The van der Waals surface area contributed by atoms with E-state index in [9.17, 15) is 18.0 Å². The SMILES string of the molecule is C[C@]1(c2ccc(S(N)(=O)=O)cc2)NC(=O)NC1=O. The first kappa shape index (κ1) is 12.5. The topological polar surface area (TPSA) is 118 Å². The maximum Gasteiger partial charge on any atom is 0.322 e. The fraction of sp³-hybridized carbons (Fsp3) is 0.200. The molecule has 1 aliphatic rings. The van der Waals surface area contributed by atoms with E-state index in [-0.39, 0.29) is 4.90 Å². The smallest absolute Gasteiger partial charge is 0.320 e. The number of hydrogen-bond acceptors (Lipinski definition) is 4. The Balaban J connectivity index is 2.42. The van der Waals surface area contributed by atoms with Crippen LogP contribution in [0.25, 0.3) is 0 Å². The summed E-state index contributed by atoms with van der Waals surface area (Å²) in [6.45, 7) is 1.53. The molecule has 1 fully saturated rings. The molecule has 8 heteroatoms. The normalized spacial score (nSPS) is 23.7. The molecule has 1 saturated heterocycles. The molecule has 0 aromatic heterocycles. The molecule has 0 unspecified atom stereocenters. The first-order valence-electron chi connectivity index (χ1n) is 5.00. The highest BCUT2D eigenvalue weighted by atomic mass is 32.2. The number of urea groups is 1. The number of amides is 3. The molecule has 7 nitrogen and oxygen atoms in total. The van der Waals surface area contributed by atoms with Crippen LogP contribution in [0.1, 0.15) is 12.5 Å². The van der Waals surface area contributed by atoms with Gasteiger partial charge in [-0.2, -0.15) is 0 Å². The molecule has 3 amide bonds. The predicted octanol–water partition coefficient (Wildman–Crippen LogP) is -0.611. The molecule has 0 saturated carbocycles. The number of primary sulfonamides is 1. The molecule has 1 aromatic rings. The van der Waals surface area contributed by atoms with Gasteiger partial charge in [0.15, 0.2) is 0 Å². The average Bonchev–Trinajstić information content (AvgIpc) is 2.53. The predicted molar refractivity (Wildman–Crippen MR) is 61.8 cm³/mol. The average molecular weight is 269 g/mol. The largest absolute Gasteiger partial charge is 0.322 e. The van der Waals surface area contributed by atoms with Crippen LogP contribution in [0.4, 0.5) is 4.79 Å². The van der Waals surface area contributed by atoms with Gasteiger partial charge < -0.3 is 5.32 Å². The van der Waals surface area contributed by atoms with Gasteiger partial charge in [0.2, 0.25) is 10.0 Å². The molecular weight excluding hydrogens is 258 g/mol. The summed E-state index contributed by atoms with van der Waals surface area (Å²) in [4.78, 5) is 22.7. The summed E-state index contributed by atoms with van der Waals surface area (Å²) in [6, 6.07) is 4.86. The van der Waals surface area contributed by atoms with Crippen LogP contribution in [0.15, 0.2) is 29.2 Å². The van der Waals surface area contributed by atoms with Gasteiger partial charge in [-0.1, -0.05) is 12.1 Å². The molecule has 0 spiro atoms. The van der Waals surface area contributed by atoms with Crippen LogP contribution >= 0.6 is 0 Å². The molecule has 4 N–H and O–H groups in total. The van der Waals surface area contributed by atoms with Gasteiger partial charge in [0.05, 0.1) is 4.90 Å². The Morgan fingerprint density at radius 2 is 1.72 bits per heavy atom. The minimum Gasteiger partial charge on any atom is -0.320 e. The Bertz CT molecular complexity index is 623. The zero-order valence-corrected chi connectivity index (χ0v) is 10.2. The second-order valence-corrected chi connectivity index (χ2v) is 5.66. The highest BCUT2D eigenvalue weighted by Gasteiger charge is 2.43. The first-order chi connectivity index (χ1) is 8.23. The standard InChI is InChI=1S/C10H11N3O4S/c1-10(8(14)12-9(15)13-10)6-2-4-7(5-3-6)18(11,16)17/h2-5H,1H3,(H2,11,16,17)(H2,12,13,14,15)/t10-/m1/s1. The lowest BCUT2D eigenvalue weighted by atomic mass is 9.92. The number of nitrogens with one attached hydrogen (secondary N) is 2. The van der Waals surface area contributed by atoms with Crippen molar-refractivity contribution in [1.29, 1.82) is 0 Å². The van der Waals surface area contributed by atoms with E-state index in [2.05, 4.69) is 10.6 Å². The fourth-order valence-electron chi connectivity index (χ4n) is 1.72. The number of imide groups is 1. The van der Waals surface area contributed by atoms with Gasteiger partial charge in [-0.25, -0.2) is 18.4 Å². The molecular formula is C10H11N3O4S. The number of nitrogens with two attached hydrogens (primary N) is 1. The number of carbonyl (C=O) groups excluding carboxylic acids is 2. The van der Waals surface area contributed by atoms with Gasteiger partial charge in [-0.15, -0.1) is 0 Å². The van der Waals surface area contributed by atoms with Crippen LogP contribution in [-0.2, 0) is 20.4 Å². The maximum absolute atomic E-state index is 11.7. The molecule has 96 valence electrons. The Labute approximate surface area is 103 Å². The highest BCUT2D eigenvalue weighted by Crippen LogP contribution is 2.25. The van der Waals surface area contributed by atoms with Crippen LogP contribution < -0.4 is 15.8 Å². The van der Waals surface area contributed by atoms with Crippen LogP contribution in [0.3, 0.4) is 0 Å². The Hall–Kier alpha value is -1.93. The summed E-state index contributed by atoms with van der Waals surface area (Å²) in [5.41, 5.74) is -0.730. The van der Waals surface area contributed by atoms with E-state index >= 15 is 0 Å². The van der Waals surface area contributed by atoms with E-state index in [0.717, 1.165) is 0 Å². The second kappa shape index (κ2) is 3.79. The molecule has 1 aromatic carbocycles. The Morgan fingerprint density at radius 3 is 2.11 bits per heavy atom. The van der Waals surface area contributed by atoms with E-state index in [1.807, 2.05) is 0 Å². The third-order valence-electron chi connectivity index (χ3n) is 2.80. The van der Waals surface area contributed by atoms with E-state index in [0.29, 0.717) is 5.56 Å². The van der Waals surface area contributed by atoms with Crippen molar-refractivity contribution in [3.63, 3.8) is 0 Å². The molecule has 0 bridgehead atoms. The third kappa shape index (κ3) is 1.95. The Morgan fingerprint density at radius 1 is 1.17 bits per heavy atom. The molecule has 1 aliphatic heterocycles. The van der Waals surface area contributed by atoms with Crippen LogP contribution in [0, 0.1) is 0 Å². The van der Waals surface area contributed by atoms with E-state index in [4.69, 9.17) is 5.14 Å². The quantitative estimate of drug-likeness (QED) is 0.620. The van der Waals surface area contributed by atoms with Gasteiger partial charge in [0.1, 0.15) is 5.54 Å². The first-order valence-corrected chi connectivity index (χ1v) is 6.55. The summed E-state index contributed by atoms with van der Waals surface area (Å²) < 4.78 is 22.2. The number of rotatable bonds is 2. The van der Waals surface area contributed by atoms with Crippen molar-refractivity contribution in [3.8, 4) is 0 Å². The maximum atomic E-state index is 11.7. The summed E-state index contributed by atoms with van der Waals surface area (Å²) >= 11 is 0. The minimum absolute atomic E-state index is 0.0559. The lowest BCUT2D eigenvalue weighted by Crippen LogP contribution is -2.40. The van der Waals surface area contributed by atoms with Crippen molar-refractivity contribution in [3.05, 3.63) is 29.8 Å². The number of hydrogen-bond donors (Lipinski definition) is 3. The van der Waals surface area contributed by atoms with E-state index in [1.165, 1.54) is 31.2 Å². The number of benzene rings is 1. The summed E-state index contributed by atoms with van der Waals surface area (Å²) in [5, 5.41) is 9.56. The fourth-order valence-corrected chi connectivity index (χ4v) is 2.24. The van der Waals surface area contributed by atoms with Crippen molar-refractivity contribution in [2.75, 3.05) is 0 Å². The van der Waals surface area contributed by atoms with Gasteiger partial charge in [0, 0.05) is 0 Å². The van der Waals surface area contributed by atoms with Crippen molar-refractivity contribution in [2.24, 2.45) is 5.14 Å². The monoisotopic (exact) mass is 269 g/mol. The van der Waals surface area contributed by atoms with Crippen LogP contribution in [0.2, 0.25) is 0 Å². The van der Waals surface area contributed by atoms with E-state index < -0.39 is 27.5 Å². The zero-order valence-electron chi connectivity index (χ0n) is 9.43. The second-order valence-electron chi connectivity index (χ2n) is 4.10. The minimum atomic E-state index is -3.78. The van der Waals surface area contributed by atoms with Gasteiger partial charge in [0.25, 0.3) is 5.91 Å².